The van der Waals surface area contributed by atoms with Gasteiger partial charge in [-0.25, -0.2) is 4.98 Å². The molecule has 0 radical (unpaired) electrons. The zero-order valence-electron chi connectivity index (χ0n) is 11.1. The lowest BCUT2D eigenvalue weighted by Crippen LogP contribution is -2.30. The van der Waals surface area contributed by atoms with E-state index >= 15 is 0 Å². The fourth-order valence-corrected chi connectivity index (χ4v) is 2.40. The molecule has 0 amide bonds. The Morgan fingerprint density at radius 3 is 2.24 bits per heavy atom. The summed E-state index contributed by atoms with van der Waals surface area (Å²) in [5.41, 5.74) is 0.518. The van der Waals surface area contributed by atoms with E-state index in [1.54, 1.807) is 0 Å². The molecule has 1 heterocycles. The molecule has 0 atom stereocenters. The summed E-state index contributed by atoms with van der Waals surface area (Å²) in [5.74, 6) is 0.646. The monoisotopic (exact) mass is 301 g/mol. The average molecular weight is 302 g/mol. The SMILES string of the molecule is CCN(CC)c1nc(C(C)(C)C)c(Br)c(=O)[nH]1. The molecule has 0 aliphatic rings. The molecule has 1 N–H and O–H groups in total. The molecule has 0 saturated carbocycles. The number of hydrogen-bond donors (Lipinski definition) is 1. The predicted molar refractivity (Wildman–Crippen MR) is 74.8 cm³/mol. The normalized spacial score (nSPS) is 11.6. The lowest BCUT2D eigenvalue weighted by Gasteiger charge is -2.24. The Balaban J connectivity index is 3.39. The fraction of sp³-hybridized carbons (Fsp3) is 0.667. The van der Waals surface area contributed by atoms with Crippen LogP contribution in [-0.2, 0) is 5.41 Å². The van der Waals surface area contributed by atoms with Crippen molar-refractivity contribution in [3.63, 3.8) is 0 Å². The van der Waals surface area contributed by atoms with Crippen molar-refractivity contribution in [2.24, 2.45) is 0 Å². The molecule has 96 valence electrons. The van der Waals surface area contributed by atoms with E-state index < -0.39 is 0 Å². The van der Waals surface area contributed by atoms with E-state index in [-0.39, 0.29) is 11.0 Å². The van der Waals surface area contributed by atoms with Gasteiger partial charge in [0.05, 0.1) is 5.69 Å². The first-order valence-corrected chi connectivity index (χ1v) is 6.65. The number of rotatable bonds is 3. The molecule has 17 heavy (non-hydrogen) atoms. The Morgan fingerprint density at radius 1 is 1.29 bits per heavy atom. The molecule has 1 aromatic rings. The number of anilines is 1. The molecule has 0 unspecified atom stereocenters. The predicted octanol–water partition coefficient (Wildman–Crippen LogP) is 2.68. The topological polar surface area (TPSA) is 49.0 Å². The highest BCUT2D eigenvalue weighted by Gasteiger charge is 2.22. The van der Waals surface area contributed by atoms with Crippen LogP contribution in [-0.4, -0.2) is 23.1 Å². The molecule has 0 saturated heterocycles. The van der Waals surface area contributed by atoms with E-state index in [1.165, 1.54) is 0 Å². The van der Waals surface area contributed by atoms with Crippen molar-refractivity contribution in [1.29, 1.82) is 0 Å². The third-order valence-corrected chi connectivity index (χ3v) is 3.36. The molecule has 4 nitrogen and oxygen atoms in total. The van der Waals surface area contributed by atoms with Gasteiger partial charge in [0.2, 0.25) is 5.95 Å². The van der Waals surface area contributed by atoms with Gasteiger partial charge in [-0.15, -0.1) is 0 Å². The molecule has 0 spiro atoms. The van der Waals surface area contributed by atoms with E-state index in [1.807, 2.05) is 39.5 Å². The largest absolute Gasteiger partial charge is 0.343 e. The van der Waals surface area contributed by atoms with Crippen LogP contribution in [0.25, 0.3) is 0 Å². The first kappa shape index (κ1) is 14.2. The quantitative estimate of drug-likeness (QED) is 0.934. The van der Waals surface area contributed by atoms with Crippen LogP contribution in [0.5, 0.6) is 0 Å². The number of hydrogen-bond acceptors (Lipinski definition) is 3. The van der Waals surface area contributed by atoms with Crippen LogP contribution < -0.4 is 10.5 Å². The first-order valence-electron chi connectivity index (χ1n) is 5.86. The highest BCUT2D eigenvalue weighted by molar-refractivity contribution is 9.10. The molecular weight excluding hydrogens is 282 g/mol. The van der Waals surface area contributed by atoms with E-state index in [0.29, 0.717) is 10.4 Å². The van der Waals surface area contributed by atoms with Crippen LogP contribution in [0.2, 0.25) is 0 Å². The summed E-state index contributed by atoms with van der Waals surface area (Å²) in [6.07, 6.45) is 0. The van der Waals surface area contributed by atoms with Gasteiger partial charge in [-0.2, -0.15) is 0 Å². The summed E-state index contributed by atoms with van der Waals surface area (Å²) in [5, 5.41) is 0. The van der Waals surface area contributed by atoms with E-state index in [4.69, 9.17) is 0 Å². The van der Waals surface area contributed by atoms with Crippen molar-refractivity contribution in [3.05, 3.63) is 20.5 Å². The zero-order valence-corrected chi connectivity index (χ0v) is 12.7. The van der Waals surface area contributed by atoms with E-state index in [9.17, 15) is 4.79 Å². The van der Waals surface area contributed by atoms with Crippen LogP contribution in [0.4, 0.5) is 5.95 Å². The maximum atomic E-state index is 11.9. The Kier molecular flexibility index (Phi) is 4.36. The third-order valence-electron chi connectivity index (χ3n) is 2.62. The Bertz CT molecular complexity index is 444. The maximum absolute atomic E-state index is 11.9. The maximum Gasteiger partial charge on any atom is 0.266 e. The summed E-state index contributed by atoms with van der Waals surface area (Å²) < 4.78 is 0.529. The second-order valence-electron chi connectivity index (χ2n) is 4.97. The van der Waals surface area contributed by atoms with E-state index in [2.05, 4.69) is 25.9 Å². The fourth-order valence-electron chi connectivity index (χ4n) is 1.62. The second kappa shape index (κ2) is 5.21. The molecule has 0 bridgehead atoms. The van der Waals surface area contributed by atoms with Crippen molar-refractivity contribution in [2.45, 2.75) is 40.0 Å². The number of H-pyrrole nitrogens is 1. The van der Waals surface area contributed by atoms with Crippen LogP contribution in [0, 0.1) is 0 Å². The molecular formula is C12H20BrN3O. The van der Waals surface area contributed by atoms with Crippen molar-refractivity contribution >= 4 is 21.9 Å². The zero-order chi connectivity index (χ0) is 13.2. The molecule has 0 aromatic carbocycles. The van der Waals surface area contributed by atoms with Crippen molar-refractivity contribution < 1.29 is 0 Å². The van der Waals surface area contributed by atoms with Crippen LogP contribution in [0.3, 0.4) is 0 Å². The van der Waals surface area contributed by atoms with Gasteiger partial charge >= 0.3 is 0 Å². The van der Waals surface area contributed by atoms with Crippen molar-refractivity contribution in [2.75, 3.05) is 18.0 Å². The van der Waals surface area contributed by atoms with Gasteiger partial charge in [-0.05, 0) is 29.8 Å². The summed E-state index contributed by atoms with van der Waals surface area (Å²) in [6.45, 7) is 11.9. The highest BCUT2D eigenvalue weighted by Crippen LogP contribution is 2.26. The van der Waals surface area contributed by atoms with Gasteiger partial charge < -0.3 is 4.90 Å². The lowest BCUT2D eigenvalue weighted by atomic mass is 9.92. The summed E-state index contributed by atoms with van der Waals surface area (Å²) in [7, 11) is 0. The van der Waals surface area contributed by atoms with E-state index in [0.717, 1.165) is 18.8 Å². The van der Waals surface area contributed by atoms with Crippen molar-refractivity contribution in [3.8, 4) is 0 Å². The molecule has 0 fully saturated rings. The highest BCUT2D eigenvalue weighted by atomic mass is 79.9. The first-order chi connectivity index (χ1) is 7.81. The molecule has 0 aliphatic heterocycles. The Labute approximate surface area is 111 Å². The van der Waals surface area contributed by atoms with Gasteiger partial charge in [0.25, 0.3) is 5.56 Å². The molecule has 0 aliphatic carbocycles. The van der Waals surface area contributed by atoms with Gasteiger partial charge in [0.15, 0.2) is 0 Å². The average Bonchev–Trinajstić information content (AvgIpc) is 2.23. The minimum absolute atomic E-state index is 0.119. The standard InChI is InChI=1S/C12H20BrN3O/c1-6-16(7-2)11-14-9(12(3,4)5)8(13)10(17)15-11/h6-7H2,1-5H3,(H,14,15,17). The van der Waals surface area contributed by atoms with Gasteiger partial charge in [0, 0.05) is 18.5 Å². The van der Waals surface area contributed by atoms with Crippen LogP contribution >= 0.6 is 15.9 Å². The summed E-state index contributed by atoms with van der Waals surface area (Å²) in [6, 6.07) is 0. The number of nitrogens with one attached hydrogen (secondary N) is 1. The Morgan fingerprint density at radius 2 is 1.82 bits per heavy atom. The number of aromatic nitrogens is 2. The summed E-state index contributed by atoms with van der Waals surface area (Å²) >= 11 is 3.32. The minimum Gasteiger partial charge on any atom is -0.343 e. The van der Waals surface area contributed by atoms with Gasteiger partial charge in [-0.1, -0.05) is 20.8 Å². The number of nitrogens with zero attached hydrogens (tertiary/aromatic N) is 2. The minimum atomic E-state index is -0.158. The van der Waals surface area contributed by atoms with Gasteiger partial charge in [-0.3, -0.25) is 9.78 Å². The molecule has 1 rings (SSSR count). The van der Waals surface area contributed by atoms with Crippen molar-refractivity contribution in [1.82, 2.24) is 9.97 Å². The molecule has 5 heteroatoms. The van der Waals surface area contributed by atoms with Gasteiger partial charge in [0.1, 0.15) is 4.47 Å². The lowest BCUT2D eigenvalue weighted by molar-refractivity contribution is 0.560. The summed E-state index contributed by atoms with van der Waals surface area (Å²) in [4.78, 5) is 21.3. The Hall–Kier alpha value is -0.840. The number of halogens is 1. The van der Waals surface area contributed by atoms with Crippen LogP contribution in [0.15, 0.2) is 9.27 Å². The smallest absolute Gasteiger partial charge is 0.266 e. The van der Waals surface area contributed by atoms with Crippen LogP contribution in [0.1, 0.15) is 40.3 Å². The number of aromatic amines is 1. The molecule has 1 aromatic heterocycles. The second-order valence-corrected chi connectivity index (χ2v) is 5.77. The third kappa shape index (κ3) is 3.09.